The molecule has 1 aromatic carbocycles. The van der Waals surface area contributed by atoms with Gasteiger partial charge in [-0.25, -0.2) is 4.98 Å². The number of carbonyl (C=O) groups excluding carboxylic acids is 1. The van der Waals surface area contributed by atoms with Crippen LogP contribution in [0.15, 0.2) is 48.8 Å². The number of aromatic nitrogens is 2. The topological polar surface area (TPSA) is 46.9 Å². The van der Waals surface area contributed by atoms with Gasteiger partial charge in [0.15, 0.2) is 0 Å². The molecule has 7 heteroatoms. The van der Waals surface area contributed by atoms with Crippen LogP contribution in [0.5, 0.6) is 0 Å². The SMILES string of the molecule is CCCn1cc(CCNC(=O)c2ccc(C(F)(F)F)cc2)c2cccnc21. The quantitative estimate of drug-likeness (QED) is 0.693. The molecule has 0 aliphatic carbocycles. The predicted molar refractivity (Wildman–Crippen MR) is 97.5 cm³/mol. The van der Waals surface area contributed by atoms with Crippen LogP contribution in [0, 0.1) is 0 Å². The zero-order chi connectivity index (χ0) is 19.4. The van der Waals surface area contributed by atoms with Gasteiger partial charge in [-0.3, -0.25) is 4.79 Å². The Hall–Kier alpha value is -2.83. The molecule has 0 aliphatic heterocycles. The van der Waals surface area contributed by atoms with Gasteiger partial charge >= 0.3 is 6.18 Å². The van der Waals surface area contributed by atoms with Crippen LogP contribution in [-0.2, 0) is 19.1 Å². The number of halogens is 3. The summed E-state index contributed by atoms with van der Waals surface area (Å²) >= 11 is 0. The van der Waals surface area contributed by atoms with Gasteiger partial charge in [-0.05, 0) is 54.8 Å². The molecule has 2 aromatic heterocycles. The minimum absolute atomic E-state index is 0.207. The van der Waals surface area contributed by atoms with Crippen molar-refractivity contribution in [3.8, 4) is 0 Å². The van der Waals surface area contributed by atoms with Crippen LogP contribution >= 0.6 is 0 Å². The largest absolute Gasteiger partial charge is 0.416 e. The van der Waals surface area contributed by atoms with Gasteiger partial charge in [-0.2, -0.15) is 13.2 Å². The van der Waals surface area contributed by atoms with Crippen molar-refractivity contribution in [2.24, 2.45) is 0 Å². The highest BCUT2D eigenvalue weighted by Crippen LogP contribution is 2.29. The van der Waals surface area contributed by atoms with Gasteiger partial charge in [-0.15, -0.1) is 0 Å². The normalized spacial score (nSPS) is 11.7. The molecule has 1 N–H and O–H groups in total. The van der Waals surface area contributed by atoms with Gasteiger partial charge < -0.3 is 9.88 Å². The highest BCUT2D eigenvalue weighted by molar-refractivity contribution is 5.94. The van der Waals surface area contributed by atoms with Gasteiger partial charge in [0, 0.05) is 36.4 Å². The number of hydrogen-bond acceptors (Lipinski definition) is 2. The molecule has 142 valence electrons. The van der Waals surface area contributed by atoms with Crippen molar-refractivity contribution >= 4 is 16.9 Å². The Balaban J connectivity index is 1.64. The standard InChI is InChI=1S/C20H20F3N3O/c1-2-12-26-13-15(17-4-3-10-24-18(17)26)9-11-25-19(27)14-5-7-16(8-6-14)20(21,22)23/h3-8,10,13H,2,9,11-12H2,1H3,(H,25,27). The number of rotatable bonds is 6. The fraction of sp³-hybridized carbons (Fsp3) is 0.300. The number of amides is 1. The van der Waals surface area contributed by atoms with Crippen molar-refractivity contribution in [2.75, 3.05) is 6.54 Å². The van der Waals surface area contributed by atoms with E-state index < -0.39 is 11.7 Å². The van der Waals surface area contributed by atoms with Crippen LogP contribution in [0.3, 0.4) is 0 Å². The molecule has 4 nitrogen and oxygen atoms in total. The molecule has 27 heavy (non-hydrogen) atoms. The number of fused-ring (bicyclic) bond motifs is 1. The Bertz CT molecular complexity index is 930. The number of alkyl halides is 3. The van der Waals surface area contributed by atoms with Crippen molar-refractivity contribution in [2.45, 2.75) is 32.5 Å². The van der Waals surface area contributed by atoms with E-state index in [4.69, 9.17) is 0 Å². The summed E-state index contributed by atoms with van der Waals surface area (Å²) in [6.07, 6.45) is 1.00. The molecule has 0 radical (unpaired) electrons. The number of carbonyl (C=O) groups is 1. The Labute approximate surface area is 155 Å². The lowest BCUT2D eigenvalue weighted by atomic mass is 10.1. The maximum atomic E-state index is 12.6. The van der Waals surface area contributed by atoms with Crippen LogP contribution in [0.2, 0.25) is 0 Å². The second kappa shape index (κ2) is 7.82. The second-order valence-corrected chi connectivity index (χ2v) is 6.30. The number of aryl methyl sites for hydroxylation is 1. The minimum Gasteiger partial charge on any atom is -0.352 e. The molecule has 3 aromatic rings. The third-order valence-electron chi connectivity index (χ3n) is 4.34. The Kier molecular flexibility index (Phi) is 5.48. The predicted octanol–water partition coefficient (Wildman–Crippen LogP) is 4.44. The van der Waals surface area contributed by atoms with Crippen molar-refractivity contribution in [3.05, 3.63) is 65.5 Å². The summed E-state index contributed by atoms with van der Waals surface area (Å²) in [5.41, 5.74) is 1.44. The smallest absolute Gasteiger partial charge is 0.352 e. The van der Waals surface area contributed by atoms with E-state index in [0.717, 1.165) is 41.7 Å². The molecule has 0 fully saturated rings. The zero-order valence-corrected chi connectivity index (χ0v) is 14.9. The summed E-state index contributed by atoms with van der Waals surface area (Å²) in [7, 11) is 0. The van der Waals surface area contributed by atoms with E-state index >= 15 is 0 Å². The molecule has 1 amide bonds. The van der Waals surface area contributed by atoms with Gasteiger partial charge in [0.1, 0.15) is 5.65 Å². The fourth-order valence-electron chi connectivity index (χ4n) is 3.03. The van der Waals surface area contributed by atoms with E-state index in [0.29, 0.717) is 13.0 Å². The second-order valence-electron chi connectivity index (χ2n) is 6.30. The lowest BCUT2D eigenvalue weighted by Gasteiger charge is -2.08. The molecule has 3 rings (SSSR count). The number of nitrogens with one attached hydrogen (secondary N) is 1. The van der Waals surface area contributed by atoms with Crippen LogP contribution in [-0.4, -0.2) is 22.0 Å². The van der Waals surface area contributed by atoms with Crippen molar-refractivity contribution in [1.29, 1.82) is 0 Å². The molecule has 0 saturated carbocycles. The molecule has 0 spiro atoms. The number of nitrogens with zero attached hydrogens (tertiary/aromatic N) is 2. The van der Waals surface area contributed by atoms with E-state index in [1.807, 2.05) is 18.3 Å². The fourth-order valence-corrected chi connectivity index (χ4v) is 3.03. The van der Waals surface area contributed by atoms with Crippen LogP contribution in [0.1, 0.15) is 34.8 Å². The average molecular weight is 375 g/mol. The number of pyridine rings is 1. The summed E-state index contributed by atoms with van der Waals surface area (Å²) in [5, 5.41) is 3.81. The van der Waals surface area contributed by atoms with Gasteiger partial charge in [0.2, 0.25) is 0 Å². The van der Waals surface area contributed by atoms with Gasteiger partial charge in [-0.1, -0.05) is 6.92 Å². The molecule has 2 heterocycles. The van der Waals surface area contributed by atoms with Gasteiger partial charge in [0.05, 0.1) is 5.56 Å². The number of benzene rings is 1. The Morgan fingerprint density at radius 1 is 1.19 bits per heavy atom. The van der Waals surface area contributed by atoms with E-state index in [-0.39, 0.29) is 11.5 Å². The highest BCUT2D eigenvalue weighted by atomic mass is 19.4. The summed E-state index contributed by atoms with van der Waals surface area (Å²) < 4.78 is 39.9. The Morgan fingerprint density at radius 2 is 1.93 bits per heavy atom. The summed E-state index contributed by atoms with van der Waals surface area (Å²) in [6, 6.07) is 8.09. The van der Waals surface area contributed by atoms with Crippen LogP contribution < -0.4 is 5.32 Å². The van der Waals surface area contributed by atoms with E-state index in [2.05, 4.69) is 21.8 Å². The first-order valence-corrected chi connectivity index (χ1v) is 8.78. The van der Waals surface area contributed by atoms with E-state index in [1.54, 1.807) is 6.20 Å². The molecule has 0 bridgehead atoms. The van der Waals surface area contributed by atoms with Crippen LogP contribution in [0.25, 0.3) is 11.0 Å². The van der Waals surface area contributed by atoms with E-state index in [9.17, 15) is 18.0 Å². The average Bonchev–Trinajstić information content (AvgIpc) is 2.99. The third kappa shape index (κ3) is 4.30. The molecule has 0 aliphatic rings. The lowest BCUT2D eigenvalue weighted by molar-refractivity contribution is -0.137. The zero-order valence-electron chi connectivity index (χ0n) is 14.9. The summed E-state index contributed by atoms with van der Waals surface area (Å²) in [5.74, 6) is -0.390. The molecule has 0 unspecified atom stereocenters. The molecular formula is C20H20F3N3O. The molecule has 0 atom stereocenters. The third-order valence-corrected chi connectivity index (χ3v) is 4.34. The van der Waals surface area contributed by atoms with Crippen molar-refractivity contribution in [3.63, 3.8) is 0 Å². The highest BCUT2D eigenvalue weighted by Gasteiger charge is 2.30. The first-order valence-electron chi connectivity index (χ1n) is 8.78. The first-order chi connectivity index (χ1) is 12.9. The maximum absolute atomic E-state index is 12.6. The summed E-state index contributed by atoms with van der Waals surface area (Å²) in [4.78, 5) is 16.6. The first kappa shape index (κ1) is 18.9. The number of hydrogen-bond donors (Lipinski definition) is 1. The lowest BCUT2D eigenvalue weighted by Crippen LogP contribution is -2.25. The van der Waals surface area contributed by atoms with Gasteiger partial charge in [0.25, 0.3) is 5.91 Å². The minimum atomic E-state index is -4.41. The van der Waals surface area contributed by atoms with Crippen molar-refractivity contribution < 1.29 is 18.0 Å². The monoisotopic (exact) mass is 375 g/mol. The maximum Gasteiger partial charge on any atom is 0.416 e. The molecular weight excluding hydrogens is 355 g/mol. The molecule has 0 saturated heterocycles. The van der Waals surface area contributed by atoms with E-state index in [1.165, 1.54) is 12.1 Å². The van der Waals surface area contributed by atoms with Crippen LogP contribution in [0.4, 0.5) is 13.2 Å². The summed E-state index contributed by atoms with van der Waals surface area (Å²) in [6.45, 7) is 3.35. The Morgan fingerprint density at radius 3 is 2.59 bits per heavy atom. The van der Waals surface area contributed by atoms with Crippen molar-refractivity contribution in [1.82, 2.24) is 14.9 Å².